The van der Waals surface area contributed by atoms with Gasteiger partial charge in [-0.05, 0) is 44.0 Å². The van der Waals surface area contributed by atoms with Crippen LogP contribution in [0.5, 0.6) is 0 Å². The zero-order valence-electron chi connectivity index (χ0n) is 14.1. The molecule has 0 heterocycles. The molecule has 0 radical (unpaired) electrons. The standard InChI is InChI=1S/C20H25NO/c1-16(8-6-7-9-17(2)18(3)22)10-11-19-12-14-20(15-13-19)21(4)5/h6-15H,1-5H3. The van der Waals surface area contributed by atoms with E-state index in [-0.39, 0.29) is 5.78 Å². The summed E-state index contributed by atoms with van der Waals surface area (Å²) in [5, 5.41) is 0. The van der Waals surface area contributed by atoms with Crippen LogP contribution in [0.4, 0.5) is 5.69 Å². The lowest BCUT2D eigenvalue weighted by Crippen LogP contribution is -2.07. The van der Waals surface area contributed by atoms with E-state index in [4.69, 9.17) is 0 Å². The summed E-state index contributed by atoms with van der Waals surface area (Å²) in [6.45, 7) is 5.45. The van der Waals surface area contributed by atoms with E-state index in [2.05, 4.69) is 48.2 Å². The van der Waals surface area contributed by atoms with Gasteiger partial charge < -0.3 is 4.90 Å². The number of hydrogen-bond acceptors (Lipinski definition) is 2. The number of carbonyl (C=O) groups is 1. The fraction of sp³-hybridized carbons (Fsp3) is 0.250. The minimum Gasteiger partial charge on any atom is -0.378 e. The molecule has 0 N–H and O–H groups in total. The third kappa shape index (κ3) is 6.40. The number of Topliss-reactive ketones (excluding diaryl/α,β-unsaturated/α-hetero) is 1. The van der Waals surface area contributed by atoms with Crippen LogP contribution in [0.15, 0.2) is 65.8 Å². The molecule has 0 aromatic heterocycles. The van der Waals surface area contributed by atoms with Crippen LogP contribution in [0.1, 0.15) is 26.3 Å². The average molecular weight is 295 g/mol. The predicted octanol–water partition coefficient (Wildman–Crippen LogP) is 4.80. The van der Waals surface area contributed by atoms with Gasteiger partial charge in [-0.2, -0.15) is 0 Å². The van der Waals surface area contributed by atoms with Crippen molar-refractivity contribution in [2.75, 3.05) is 19.0 Å². The van der Waals surface area contributed by atoms with Crippen LogP contribution in [-0.4, -0.2) is 19.9 Å². The first-order valence-corrected chi connectivity index (χ1v) is 7.38. The Bertz CT molecular complexity index is 614. The van der Waals surface area contributed by atoms with Gasteiger partial charge in [0.2, 0.25) is 0 Å². The van der Waals surface area contributed by atoms with Crippen molar-refractivity contribution in [2.24, 2.45) is 0 Å². The number of benzene rings is 1. The number of rotatable bonds is 6. The van der Waals surface area contributed by atoms with Crippen molar-refractivity contribution >= 4 is 17.5 Å². The van der Waals surface area contributed by atoms with E-state index in [0.717, 1.165) is 11.1 Å². The van der Waals surface area contributed by atoms with Gasteiger partial charge in [-0.15, -0.1) is 0 Å². The fourth-order valence-electron chi connectivity index (χ4n) is 1.69. The summed E-state index contributed by atoms with van der Waals surface area (Å²) in [7, 11) is 4.07. The predicted molar refractivity (Wildman–Crippen MR) is 97.1 cm³/mol. The number of ketones is 1. The zero-order chi connectivity index (χ0) is 16.5. The van der Waals surface area contributed by atoms with Crippen LogP contribution < -0.4 is 4.90 Å². The molecule has 0 aliphatic heterocycles. The molecule has 0 amide bonds. The second-order valence-corrected chi connectivity index (χ2v) is 5.52. The number of allylic oxidation sites excluding steroid dienone is 7. The molecule has 0 unspecified atom stereocenters. The molecule has 1 rings (SSSR count). The molecule has 22 heavy (non-hydrogen) atoms. The minimum atomic E-state index is 0.103. The maximum absolute atomic E-state index is 11.1. The molecule has 0 spiro atoms. The van der Waals surface area contributed by atoms with Gasteiger partial charge >= 0.3 is 0 Å². The summed E-state index contributed by atoms with van der Waals surface area (Å²) >= 11 is 0. The van der Waals surface area contributed by atoms with Crippen LogP contribution in [0, 0.1) is 0 Å². The van der Waals surface area contributed by atoms with Crippen molar-refractivity contribution in [2.45, 2.75) is 20.8 Å². The van der Waals surface area contributed by atoms with Crippen molar-refractivity contribution in [1.82, 2.24) is 0 Å². The quantitative estimate of drug-likeness (QED) is 0.555. The normalized spacial score (nSPS) is 13.1. The lowest BCUT2D eigenvalue weighted by Gasteiger charge is -2.11. The van der Waals surface area contributed by atoms with Gasteiger partial charge in [-0.3, -0.25) is 4.79 Å². The smallest absolute Gasteiger partial charge is 0.155 e. The summed E-state index contributed by atoms with van der Waals surface area (Å²) < 4.78 is 0. The highest BCUT2D eigenvalue weighted by atomic mass is 16.1. The van der Waals surface area contributed by atoms with Gasteiger partial charge in [0.25, 0.3) is 0 Å². The second-order valence-electron chi connectivity index (χ2n) is 5.52. The van der Waals surface area contributed by atoms with E-state index >= 15 is 0 Å². The van der Waals surface area contributed by atoms with Crippen molar-refractivity contribution in [3.63, 3.8) is 0 Å². The summed E-state index contributed by atoms with van der Waals surface area (Å²) in [4.78, 5) is 13.1. The monoisotopic (exact) mass is 295 g/mol. The van der Waals surface area contributed by atoms with Gasteiger partial charge in [0.15, 0.2) is 5.78 Å². The van der Waals surface area contributed by atoms with E-state index in [1.807, 2.05) is 45.3 Å². The van der Waals surface area contributed by atoms with Crippen molar-refractivity contribution in [1.29, 1.82) is 0 Å². The largest absolute Gasteiger partial charge is 0.378 e. The van der Waals surface area contributed by atoms with Gasteiger partial charge in [-0.1, -0.05) is 54.2 Å². The molecular formula is C20H25NO. The molecule has 0 saturated carbocycles. The molecule has 0 fully saturated rings. The maximum Gasteiger partial charge on any atom is 0.155 e. The lowest BCUT2D eigenvalue weighted by atomic mass is 10.1. The van der Waals surface area contributed by atoms with Crippen LogP contribution in [0.3, 0.4) is 0 Å². The Balaban J connectivity index is 2.65. The first kappa shape index (κ1) is 17.7. The Kier molecular flexibility index (Phi) is 7.11. The topological polar surface area (TPSA) is 20.3 Å². The molecular weight excluding hydrogens is 270 g/mol. The molecule has 0 aliphatic carbocycles. The minimum absolute atomic E-state index is 0.103. The number of anilines is 1. The van der Waals surface area contributed by atoms with Crippen molar-refractivity contribution in [3.05, 3.63) is 71.4 Å². The Morgan fingerprint density at radius 1 is 0.955 bits per heavy atom. The van der Waals surface area contributed by atoms with Gasteiger partial charge in [0.1, 0.15) is 0 Å². The molecule has 0 aliphatic rings. The third-order valence-corrected chi connectivity index (χ3v) is 3.32. The van der Waals surface area contributed by atoms with Crippen molar-refractivity contribution < 1.29 is 4.79 Å². The molecule has 2 heteroatoms. The zero-order valence-corrected chi connectivity index (χ0v) is 14.1. The SMILES string of the molecule is CC(=O)C(C)=CC=CC=C(C)C=Cc1ccc(N(C)C)cc1. The fourth-order valence-corrected chi connectivity index (χ4v) is 1.69. The van der Waals surface area contributed by atoms with E-state index in [9.17, 15) is 4.79 Å². The molecule has 116 valence electrons. The Morgan fingerprint density at radius 3 is 2.09 bits per heavy atom. The van der Waals surface area contributed by atoms with Crippen LogP contribution >= 0.6 is 0 Å². The number of nitrogens with zero attached hydrogens (tertiary/aromatic N) is 1. The van der Waals surface area contributed by atoms with Gasteiger partial charge in [0.05, 0.1) is 0 Å². The summed E-state index contributed by atoms with van der Waals surface area (Å²) in [6.07, 6.45) is 11.9. The highest BCUT2D eigenvalue weighted by Gasteiger charge is 1.93. The summed E-state index contributed by atoms with van der Waals surface area (Å²) in [5.41, 5.74) is 4.29. The number of hydrogen-bond donors (Lipinski definition) is 0. The maximum atomic E-state index is 11.1. The van der Waals surface area contributed by atoms with Gasteiger partial charge in [0, 0.05) is 19.8 Å². The highest BCUT2D eigenvalue weighted by molar-refractivity contribution is 5.92. The third-order valence-electron chi connectivity index (χ3n) is 3.32. The Labute approximate surface area is 134 Å². The first-order valence-electron chi connectivity index (χ1n) is 7.38. The van der Waals surface area contributed by atoms with Crippen LogP contribution in [0.25, 0.3) is 6.08 Å². The molecule has 0 atom stereocenters. The Hall–Kier alpha value is -2.35. The van der Waals surface area contributed by atoms with Crippen LogP contribution in [0.2, 0.25) is 0 Å². The van der Waals surface area contributed by atoms with Gasteiger partial charge in [-0.25, -0.2) is 0 Å². The van der Waals surface area contributed by atoms with Crippen molar-refractivity contribution in [3.8, 4) is 0 Å². The summed E-state index contributed by atoms with van der Waals surface area (Å²) in [5.74, 6) is 0.103. The van der Waals surface area contributed by atoms with E-state index in [1.165, 1.54) is 11.3 Å². The average Bonchev–Trinajstić information content (AvgIpc) is 2.49. The molecule has 0 saturated heterocycles. The Morgan fingerprint density at radius 2 is 1.55 bits per heavy atom. The molecule has 0 bridgehead atoms. The first-order chi connectivity index (χ1) is 10.4. The molecule has 2 nitrogen and oxygen atoms in total. The van der Waals surface area contributed by atoms with Crippen LogP contribution in [-0.2, 0) is 4.79 Å². The molecule has 1 aromatic carbocycles. The van der Waals surface area contributed by atoms with E-state index in [1.54, 1.807) is 6.92 Å². The second kappa shape index (κ2) is 8.83. The lowest BCUT2D eigenvalue weighted by molar-refractivity contribution is -0.113. The van der Waals surface area contributed by atoms with E-state index in [0.29, 0.717) is 0 Å². The van der Waals surface area contributed by atoms with E-state index < -0.39 is 0 Å². The molecule has 1 aromatic rings. The number of carbonyl (C=O) groups excluding carboxylic acids is 1. The highest BCUT2D eigenvalue weighted by Crippen LogP contribution is 2.13. The summed E-state index contributed by atoms with van der Waals surface area (Å²) in [6, 6.07) is 8.42.